The van der Waals surface area contributed by atoms with Crippen molar-refractivity contribution in [1.82, 2.24) is 5.59 Å². The summed E-state index contributed by atoms with van der Waals surface area (Å²) in [6, 6.07) is 0. The number of nitrogens with zero attached hydrogens (tertiary/aromatic N) is 1. The quantitative estimate of drug-likeness (QED) is 0.429. The summed E-state index contributed by atoms with van der Waals surface area (Å²) in [6.07, 6.45) is 4.80. The molecule has 0 spiro atoms. The van der Waals surface area contributed by atoms with Crippen LogP contribution in [0.3, 0.4) is 0 Å². The molecule has 0 aromatic carbocycles. The summed E-state index contributed by atoms with van der Waals surface area (Å²) in [7, 11) is 0. The first kappa shape index (κ1) is 7.01. The Labute approximate surface area is 63.7 Å². The first-order chi connectivity index (χ1) is 3.00. The molecule has 1 radical (unpaired) electrons. The van der Waals surface area contributed by atoms with Gasteiger partial charge in [-0.1, -0.05) is 0 Å². The molecule has 4 heteroatoms. The zero-order valence-corrected chi connectivity index (χ0v) is 6.09. The third-order valence-electron chi connectivity index (χ3n) is 0.413. The van der Waals surface area contributed by atoms with Crippen LogP contribution < -0.4 is 5.59 Å². The number of rotatable bonds is 0. The van der Waals surface area contributed by atoms with E-state index in [1.807, 2.05) is 0 Å². The molecule has 0 atom stereocenters. The summed E-state index contributed by atoms with van der Waals surface area (Å²) in [6.45, 7) is 0. The minimum Gasteiger partial charge on any atom is -0.373 e. The van der Waals surface area contributed by atoms with Gasteiger partial charge in [0.25, 0.3) is 0 Å². The fourth-order valence-corrected chi connectivity index (χ4v) is 0.209. The molecule has 1 rings (SSSR count). The van der Waals surface area contributed by atoms with E-state index in [9.17, 15) is 0 Å². The summed E-state index contributed by atoms with van der Waals surface area (Å²) in [5, 5.41) is 3.49. The van der Waals surface area contributed by atoms with Crippen LogP contribution in [0.15, 0.2) is 17.4 Å². The Hall–Kier alpha value is 0.01000. The summed E-state index contributed by atoms with van der Waals surface area (Å²) < 4.78 is 0. The van der Waals surface area contributed by atoms with Crippen molar-refractivity contribution in [3.8, 4) is 0 Å². The minimum absolute atomic E-state index is 0. The van der Waals surface area contributed by atoms with Crippen LogP contribution in [-0.4, -0.2) is 35.8 Å². The zero-order valence-electron chi connectivity index (χ0n) is 4.09. The maximum absolute atomic E-state index is 4.44. The maximum atomic E-state index is 4.44. The van der Waals surface area contributed by atoms with Gasteiger partial charge in [0.1, 0.15) is 6.26 Å². The molecule has 1 N–H and O–H groups in total. The Morgan fingerprint density at radius 1 is 1.57 bits per heavy atom. The van der Waals surface area contributed by atoms with Gasteiger partial charge in [0.05, 0.1) is 6.21 Å². The van der Waals surface area contributed by atoms with Gasteiger partial charge in [-0.3, -0.25) is 0 Å². The average Bonchev–Trinajstić information content (AvgIpc) is 1.72. The van der Waals surface area contributed by atoms with Gasteiger partial charge in [-0.15, -0.1) is 5.59 Å². The van der Waals surface area contributed by atoms with E-state index in [1.165, 1.54) is 6.26 Å². The van der Waals surface area contributed by atoms with Gasteiger partial charge in [-0.25, -0.2) is 0 Å². The van der Waals surface area contributed by atoms with Crippen molar-refractivity contribution in [1.29, 1.82) is 0 Å². The SMILES string of the molecule is C1=CONN=C1.[Na]. The van der Waals surface area contributed by atoms with Crippen LogP contribution in [0.25, 0.3) is 0 Å². The third-order valence-corrected chi connectivity index (χ3v) is 0.413. The van der Waals surface area contributed by atoms with Crippen LogP contribution in [-0.2, 0) is 4.84 Å². The second kappa shape index (κ2) is 4.18. The average molecular weight is 107 g/mol. The molecule has 7 heavy (non-hydrogen) atoms. The van der Waals surface area contributed by atoms with Gasteiger partial charge in [-0.05, 0) is 6.08 Å². The van der Waals surface area contributed by atoms with Gasteiger partial charge in [0.2, 0.25) is 0 Å². The van der Waals surface area contributed by atoms with Gasteiger partial charge in [0, 0.05) is 29.6 Å². The third kappa shape index (κ3) is 2.68. The van der Waals surface area contributed by atoms with Crippen LogP contribution in [0.1, 0.15) is 0 Å². The predicted molar refractivity (Wildman–Crippen MR) is 27.6 cm³/mol. The van der Waals surface area contributed by atoms with Crippen molar-refractivity contribution >= 4 is 35.8 Å². The van der Waals surface area contributed by atoms with Crippen molar-refractivity contribution in [3.05, 3.63) is 12.3 Å². The number of nitrogens with one attached hydrogen (secondary N) is 1. The second-order valence-corrected chi connectivity index (χ2v) is 0.816. The molecule has 0 aliphatic carbocycles. The van der Waals surface area contributed by atoms with E-state index in [1.54, 1.807) is 12.3 Å². The van der Waals surface area contributed by atoms with Gasteiger partial charge in [0.15, 0.2) is 0 Å². The number of allylic oxidation sites excluding steroid dienone is 1. The topological polar surface area (TPSA) is 33.6 Å². The summed E-state index contributed by atoms with van der Waals surface area (Å²) >= 11 is 0. The Balaban J connectivity index is 0.000000360. The van der Waals surface area contributed by atoms with Crippen molar-refractivity contribution in [2.45, 2.75) is 0 Å². The molecule has 0 fully saturated rings. The summed E-state index contributed by atoms with van der Waals surface area (Å²) in [4.78, 5) is 4.44. The van der Waals surface area contributed by atoms with E-state index in [4.69, 9.17) is 0 Å². The fourth-order valence-electron chi connectivity index (χ4n) is 0.209. The Morgan fingerprint density at radius 3 is 2.57 bits per heavy atom. The number of hydrogen-bond donors (Lipinski definition) is 1. The molecule has 0 aromatic heterocycles. The summed E-state index contributed by atoms with van der Waals surface area (Å²) in [5.41, 5.74) is 2.27. The van der Waals surface area contributed by atoms with E-state index < -0.39 is 0 Å². The molecular weight excluding hydrogens is 103 g/mol. The summed E-state index contributed by atoms with van der Waals surface area (Å²) in [5.74, 6) is 0. The van der Waals surface area contributed by atoms with Crippen molar-refractivity contribution < 1.29 is 4.84 Å². The fraction of sp³-hybridized carbons (Fsp3) is 0. The Bertz CT molecular complexity index is 78.9. The van der Waals surface area contributed by atoms with Gasteiger partial charge in [-0.2, -0.15) is 5.10 Å². The largest absolute Gasteiger partial charge is 0.373 e. The molecule has 0 aromatic rings. The van der Waals surface area contributed by atoms with Crippen molar-refractivity contribution in [2.24, 2.45) is 5.10 Å². The molecule has 3 nitrogen and oxygen atoms in total. The molecule has 1 aliphatic rings. The van der Waals surface area contributed by atoms with Crippen LogP contribution in [0.2, 0.25) is 0 Å². The van der Waals surface area contributed by atoms with Crippen LogP contribution in [0, 0.1) is 0 Å². The zero-order chi connectivity index (χ0) is 4.24. The molecule has 1 aliphatic heterocycles. The standard InChI is InChI=1S/C3H4N2O.Na/c1-2-4-5-6-3-1;/h1-3,5H;. The Kier molecular flexibility index (Phi) is 4.18. The molecule has 33 valence electrons. The normalized spacial score (nSPS) is 13.7. The first-order valence-corrected chi connectivity index (χ1v) is 1.59. The van der Waals surface area contributed by atoms with Gasteiger partial charge >= 0.3 is 0 Å². The van der Waals surface area contributed by atoms with Crippen LogP contribution in [0.4, 0.5) is 0 Å². The Morgan fingerprint density at radius 2 is 2.43 bits per heavy atom. The molecule has 0 unspecified atom stereocenters. The molecular formula is C3H4N2NaO. The number of hydrazone groups is 1. The maximum Gasteiger partial charge on any atom is 0.122 e. The van der Waals surface area contributed by atoms with Crippen molar-refractivity contribution in [3.63, 3.8) is 0 Å². The van der Waals surface area contributed by atoms with E-state index in [-0.39, 0.29) is 29.6 Å². The van der Waals surface area contributed by atoms with Crippen LogP contribution >= 0.6 is 0 Å². The monoisotopic (exact) mass is 107 g/mol. The molecule has 0 bridgehead atoms. The molecule has 1 heterocycles. The van der Waals surface area contributed by atoms with E-state index in [2.05, 4.69) is 15.5 Å². The van der Waals surface area contributed by atoms with Crippen molar-refractivity contribution in [2.75, 3.05) is 0 Å². The molecule has 0 saturated carbocycles. The first-order valence-electron chi connectivity index (χ1n) is 1.59. The van der Waals surface area contributed by atoms with Gasteiger partial charge < -0.3 is 4.84 Å². The molecule has 0 amide bonds. The predicted octanol–water partition coefficient (Wildman–Crippen LogP) is -0.360. The molecule has 0 saturated heterocycles. The van der Waals surface area contributed by atoms with E-state index in [0.29, 0.717) is 0 Å². The van der Waals surface area contributed by atoms with Crippen LogP contribution in [0.5, 0.6) is 0 Å². The van der Waals surface area contributed by atoms with E-state index in [0.717, 1.165) is 0 Å². The smallest absolute Gasteiger partial charge is 0.122 e. The number of hydrogen-bond acceptors (Lipinski definition) is 3. The second-order valence-electron chi connectivity index (χ2n) is 0.816. The minimum atomic E-state index is 0. The van der Waals surface area contributed by atoms with E-state index >= 15 is 0 Å².